The molecule has 0 aliphatic carbocycles. The summed E-state index contributed by atoms with van der Waals surface area (Å²) in [7, 11) is 0. The Morgan fingerprint density at radius 3 is 2.57 bits per heavy atom. The van der Waals surface area contributed by atoms with E-state index in [9.17, 15) is 9.59 Å². The summed E-state index contributed by atoms with van der Waals surface area (Å²) in [5, 5.41) is 0. The van der Waals surface area contributed by atoms with Gasteiger partial charge in [-0.1, -0.05) is 30.3 Å². The van der Waals surface area contributed by atoms with Crippen molar-refractivity contribution in [2.75, 3.05) is 19.6 Å². The summed E-state index contributed by atoms with van der Waals surface area (Å²) in [5.41, 5.74) is 1.89. The third-order valence-corrected chi connectivity index (χ3v) is 6.19. The summed E-state index contributed by atoms with van der Waals surface area (Å²) in [4.78, 5) is 34.9. The molecule has 3 heterocycles. The Kier molecular flexibility index (Phi) is 5.16. The van der Waals surface area contributed by atoms with Gasteiger partial charge in [-0.05, 0) is 56.7 Å². The standard InChI is InChI=1S/C23H27N3O2/c1-18-20(10-5-14-24-18)21(27)26-16-7-13-23(26)12-6-15-25(22(23)28)17-11-19-8-3-2-4-9-19/h2-5,8-10,14H,6-7,11-13,15-17H2,1H3. The molecule has 5 heteroatoms. The predicted molar refractivity (Wildman–Crippen MR) is 108 cm³/mol. The van der Waals surface area contributed by atoms with Crippen molar-refractivity contribution in [1.29, 1.82) is 0 Å². The Morgan fingerprint density at radius 2 is 1.82 bits per heavy atom. The molecule has 1 atom stereocenters. The zero-order valence-corrected chi connectivity index (χ0v) is 16.4. The third-order valence-electron chi connectivity index (χ3n) is 6.19. The van der Waals surface area contributed by atoms with Crippen molar-refractivity contribution < 1.29 is 9.59 Å². The van der Waals surface area contributed by atoms with E-state index in [0.717, 1.165) is 44.3 Å². The molecule has 5 nitrogen and oxygen atoms in total. The van der Waals surface area contributed by atoms with E-state index in [0.29, 0.717) is 18.7 Å². The van der Waals surface area contributed by atoms with Gasteiger partial charge in [0.25, 0.3) is 5.91 Å². The van der Waals surface area contributed by atoms with Crippen LogP contribution in [0.4, 0.5) is 0 Å². The first-order valence-electron chi connectivity index (χ1n) is 10.2. The lowest BCUT2D eigenvalue weighted by atomic mass is 9.84. The molecule has 2 aliphatic heterocycles. The van der Waals surface area contributed by atoms with Crippen molar-refractivity contribution in [3.8, 4) is 0 Å². The van der Waals surface area contributed by atoms with E-state index in [-0.39, 0.29) is 11.8 Å². The fourth-order valence-corrected chi connectivity index (χ4v) is 4.70. The van der Waals surface area contributed by atoms with Crippen LogP contribution >= 0.6 is 0 Å². The molecule has 0 N–H and O–H groups in total. The van der Waals surface area contributed by atoms with Crippen LogP contribution < -0.4 is 0 Å². The third kappa shape index (κ3) is 3.30. The molecule has 1 unspecified atom stereocenters. The number of pyridine rings is 1. The Bertz CT molecular complexity index is 867. The number of aromatic nitrogens is 1. The van der Waals surface area contributed by atoms with Gasteiger partial charge >= 0.3 is 0 Å². The van der Waals surface area contributed by atoms with Crippen LogP contribution in [0.1, 0.15) is 47.3 Å². The molecule has 1 spiro atoms. The molecule has 2 amide bonds. The number of carbonyl (C=O) groups is 2. The number of amides is 2. The summed E-state index contributed by atoms with van der Waals surface area (Å²) in [6.07, 6.45) is 5.89. The monoisotopic (exact) mass is 377 g/mol. The van der Waals surface area contributed by atoms with Crippen molar-refractivity contribution in [3.63, 3.8) is 0 Å². The maximum atomic E-state index is 13.5. The van der Waals surface area contributed by atoms with Gasteiger partial charge in [-0.15, -0.1) is 0 Å². The molecule has 2 fully saturated rings. The van der Waals surface area contributed by atoms with Crippen LogP contribution in [0.15, 0.2) is 48.7 Å². The van der Waals surface area contributed by atoms with E-state index >= 15 is 0 Å². The summed E-state index contributed by atoms with van der Waals surface area (Å²) in [6.45, 7) is 3.98. The van der Waals surface area contributed by atoms with Crippen LogP contribution in [0.3, 0.4) is 0 Å². The highest BCUT2D eigenvalue weighted by Crippen LogP contribution is 2.39. The lowest BCUT2D eigenvalue weighted by Crippen LogP contribution is -2.61. The summed E-state index contributed by atoms with van der Waals surface area (Å²) < 4.78 is 0. The first-order chi connectivity index (χ1) is 13.6. The largest absolute Gasteiger partial charge is 0.340 e. The van der Waals surface area contributed by atoms with Crippen LogP contribution in [0, 0.1) is 6.92 Å². The average molecular weight is 377 g/mol. The molecule has 4 rings (SSSR count). The van der Waals surface area contributed by atoms with E-state index in [1.807, 2.05) is 41.0 Å². The smallest absolute Gasteiger partial charge is 0.256 e. The van der Waals surface area contributed by atoms with Crippen molar-refractivity contribution in [3.05, 3.63) is 65.5 Å². The number of hydrogen-bond donors (Lipinski definition) is 0. The highest BCUT2D eigenvalue weighted by molar-refractivity contribution is 6.00. The van der Waals surface area contributed by atoms with Crippen LogP contribution in [-0.2, 0) is 11.2 Å². The lowest BCUT2D eigenvalue weighted by molar-refractivity contribution is -0.145. The lowest BCUT2D eigenvalue weighted by Gasteiger charge is -2.44. The number of likely N-dealkylation sites (tertiary alicyclic amines) is 2. The molecule has 2 aliphatic rings. The molecule has 2 saturated heterocycles. The summed E-state index contributed by atoms with van der Waals surface area (Å²) in [6, 6.07) is 13.9. The molecule has 0 bridgehead atoms. The van der Waals surface area contributed by atoms with E-state index in [1.54, 1.807) is 12.3 Å². The molecule has 0 saturated carbocycles. The Balaban J connectivity index is 1.54. The van der Waals surface area contributed by atoms with Gasteiger partial charge in [-0.3, -0.25) is 14.6 Å². The van der Waals surface area contributed by atoms with Crippen molar-refractivity contribution in [2.24, 2.45) is 0 Å². The zero-order chi connectivity index (χ0) is 19.6. The normalized spacial score (nSPS) is 22.1. The second kappa shape index (κ2) is 7.74. The van der Waals surface area contributed by atoms with Gasteiger partial charge < -0.3 is 9.80 Å². The number of hydrogen-bond acceptors (Lipinski definition) is 3. The zero-order valence-electron chi connectivity index (χ0n) is 16.4. The molecule has 1 aromatic carbocycles. The molecule has 146 valence electrons. The molecule has 0 radical (unpaired) electrons. The SMILES string of the molecule is Cc1ncccc1C(=O)N1CCCC12CCCN(CCc1ccccc1)C2=O. The van der Waals surface area contributed by atoms with Crippen molar-refractivity contribution in [2.45, 2.75) is 44.6 Å². The van der Waals surface area contributed by atoms with Gasteiger partial charge in [-0.2, -0.15) is 0 Å². The van der Waals surface area contributed by atoms with Gasteiger partial charge in [0.1, 0.15) is 5.54 Å². The number of carbonyl (C=O) groups excluding carboxylic acids is 2. The van der Waals surface area contributed by atoms with Crippen molar-refractivity contribution in [1.82, 2.24) is 14.8 Å². The Hall–Kier alpha value is -2.69. The maximum Gasteiger partial charge on any atom is 0.256 e. The maximum absolute atomic E-state index is 13.5. The van der Waals surface area contributed by atoms with Gasteiger partial charge in [0.05, 0.1) is 5.56 Å². The Morgan fingerprint density at radius 1 is 1.07 bits per heavy atom. The fraction of sp³-hybridized carbons (Fsp3) is 0.435. The minimum Gasteiger partial charge on any atom is -0.340 e. The summed E-state index contributed by atoms with van der Waals surface area (Å²) >= 11 is 0. The van der Waals surface area contributed by atoms with Gasteiger partial charge in [0.2, 0.25) is 5.91 Å². The Labute approximate surface area is 166 Å². The molecular weight excluding hydrogens is 350 g/mol. The van der Waals surface area contributed by atoms with Gasteiger partial charge in [-0.25, -0.2) is 0 Å². The summed E-state index contributed by atoms with van der Waals surface area (Å²) in [5.74, 6) is 0.0726. The van der Waals surface area contributed by atoms with Crippen LogP contribution in [0.2, 0.25) is 0 Å². The molecule has 2 aromatic rings. The first-order valence-corrected chi connectivity index (χ1v) is 10.2. The average Bonchev–Trinajstić information content (AvgIpc) is 3.14. The second-order valence-corrected chi connectivity index (χ2v) is 7.86. The number of aryl methyl sites for hydroxylation is 1. The minimum atomic E-state index is -0.672. The van der Waals surface area contributed by atoms with Crippen molar-refractivity contribution >= 4 is 11.8 Å². The fourth-order valence-electron chi connectivity index (χ4n) is 4.70. The van der Waals surface area contributed by atoms with E-state index in [1.165, 1.54) is 5.56 Å². The number of rotatable bonds is 4. The van der Waals surface area contributed by atoms with Gasteiger partial charge in [0, 0.05) is 31.5 Å². The van der Waals surface area contributed by atoms with E-state index in [2.05, 4.69) is 17.1 Å². The molecular formula is C23H27N3O2. The first kappa shape index (κ1) is 18.7. The molecule has 28 heavy (non-hydrogen) atoms. The predicted octanol–water partition coefficient (Wildman–Crippen LogP) is 3.23. The highest BCUT2D eigenvalue weighted by Gasteiger charge is 2.52. The number of nitrogens with zero attached hydrogens (tertiary/aromatic N) is 3. The van der Waals surface area contributed by atoms with Crippen LogP contribution in [0.5, 0.6) is 0 Å². The van der Waals surface area contributed by atoms with Crippen LogP contribution in [0.25, 0.3) is 0 Å². The van der Waals surface area contributed by atoms with E-state index in [4.69, 9.17) is 0 Å². The number of piperidine rings is 1. The molecule has 1 aromatic heterocycles. The quantitative estimate of drug-likeness (QED) is 0.822. The number of benzene rings is 1. The van der Waals surface area contributed by atoms with Crippen LogP contribution in [-0.4, -0.2) is 51.8 Å². The highest BCUT2D eigenvalue weighted by atomic mass is 16.2. The second-order valence-electron chi connectivity index (χ2n) is 7.86. The van der Waals surface area contributed by atoms with E-state index < -0.39 is 5.54 Å². The minimum absolute atomic E-state index is 0.0543. The topological polar surface area (TPSA) is 53.5 Å². The van der Waals surface area contributed by atoms with Gasteiger partial charge in [0.15, 0.2) is 0 Å².